The fraction of sp³-hybridized carbons (Fsp3) is 0.375. The predicted octanol–water partition coefficient (Wildman–Crippen LogP) is 4.36. The Morgan fingerprint density at radius 3 is 2.74 bits per heavy atom. The molecule has 0 amide bonds. The van der Waals surface area contributed by atoms with Crippen LogP contribution in [0.2, 0.25) is 0 Å². The summed E-state index contributed by atoms with van der Waals surface area (Å²) < 4.78 is 0. The summed E-state index contributed by atoms with van der Waals surface area (Å²) in [6, 6.07) is 12.9. The molecule has 0 unspecified atom stereocenters. The Morgan fingerprint density at radius 2 is 1.95 bits per heavy atom. The van der Waals surface area contributed by atoms with E-state index in [1.54, 1.807) is 6.08 Å². The van der Waals surface area contributed by atoms with E-state index >= 15 is 0 Å². The number of para-hydroxylation sites is 1. The fourth-order valence-corrected chi connectivity index (χ4v) is 2.23. The highest BCUT2D eigenvalue weighted by molar-refractivity contribution is 5.67. The smallest absolute Gasteiger partial charge is 0.0952 e. The second-order valence-electron chi connectivity index (χ2n) is 4.65. The third kappa shape index (κ3) is 4.21. The molecule has 0 spiro atoms. The number of allylic oxidation sites excluding steroid dienone is 1. The largest absolute Gasteiger partial charge is 0.222 e. The summed E-state index contributed by atoms with van der Waals surface area (Å²) in [5, 5.41) is 8.56. The van der Waals surface area contributed by atoms with Gasteiger partial charge >= 0.3 is 0 Å². The maximum absolute atomic E-state index is 8.56. The SMILES string of the molecule is N#C/C=C/c1ccccc1N=C=NC1CCCCC1. The van der Waals surface area contributed by atoms with Gasteiger partial charge in [-0.3, -0.25) is 0 Å². The van der Waals surface area contributed by atoms with Crippen molar-refractivity contribution in [1.29, 1.82) is 5.26 Å². The van der Waals surface area contributed by atoms with Gasteiger partial charge in [0.1, 0.15) is 0 Å². The third-order valence-corrected chi connectivity index (χ3v) is 3.26. The van der Waals surface area contributed by atoms with Crippen LogP contribution in [0.3, 0.4) is 0 Å². The highest BCUT2D eigenvalue weighted by Gasteiger charge is 2.10. The summed E-state index contributed by atoms with van der Waals surface area (Å²) in [6.07, 6.45) is 9.35. The van der Waals surface area contributed by atoms with Crippen LogP contribution in [-0.4, -0.2) is 12.1 Å². The summed E-state index contributed by atoms with van der Waals surface area (Å²) in [4.78, 5) is 8.67. The first-order valence-corrected chi connectivity index (χ1v) is 6.71. The number of hydrogen-bond donors (Lipinski definition) is 0. The Morgan fingerprint density at radius 1 is 1.16 bits per heavy atom. The maximum Gasteiger partial charge on any atom is 0.0952 e. The highest BCUT2D eigenvalue weighted by Crippen LogP contribution is 2.21. The van der Waals surface area contributed by atoms with Crippen molar-refractivity contribution in [3.05, 3.63) is 35.9 Å². The van der Waals surface area contributed by atoms with Crippen molar-refractivity contribution in [1.82, 2.24) is 0 Å². The lowest BCUT2D eigenvalue weighted by Gasteiger charge is -2.15. The number of nitrogens with zero attached hydrogens (tertiary/aromatic N) is 3. The van der Waals surface area contributed by atoms with Crippen molar-refractivity contribution < 1.29 is 0 Å². The molecule has 1 aliphatic rings. The first-order chi connectivity index (χ1) is 9.40. The molecule has 0 saturated heterocycles. The number of aliphatic imine (C=N–C) groups is 2. The molecule has 96 valence electrons. The van der Waals surface area contributed by atoms with E-state index in [2.05, 4.69) is 16.0 Å². The van der Waals surface area contributed by atoms with Crippen molar-refractivity contribution >= 4 is 17.8 Å². The summed E-state index contributed by atoms with van der Waals surface area (Å²) in [7, 11) is 0. The second-order valence-corrected chi connectivity index (χ2v) is 4.65. The molecule has 1 saturated carbocycles. The Labute approximate surface area is 114 Å². The van der Waals surface area contributed by atoms with Crippen molar-refractivity contribution in [3.8, 4) is 6.07 Å². The minimum absolute atomic E-state index is 0.388. The Bertz CT molecular complexity index is 539. The molecule has 1 aromatic carbocycles. The monoisotopic (exact) mass is 251 g/mol. The van der Waals surface area contributed by atoms with Gasteiger partial charge in [-0.2, -0.15) is 10.3 Å². The number of hydrogen-bond acceptors (Lipinski definition) is 3. The van der Waals surface area contributed by atoms with Crippen molar-refractivity contribution in [3.63, 3.8) is 0 Å². The van der Waals surface area contributed by atoms with Gasteiger partial charge < -0.3 is 0 Å². The zero-order chi connectivity index (χ0) is 13.3. The van der Waals surface area contributed by atoms with Crippen LogP contribution in [0.25, 0.3) is 6.08 Å². The molecule has 1 aliphatic carbocycles. The van der Waals surface area contributed by atoms with E-state index in [1.807, 2.05) is 30.3 Å². The molecule has 0 bridgehead atoms. The summed E-state index contributed by atoms with van der Waals surface area (Å²) in [6.45, 7) is 0. The molecule has 2 rings (SSSR count). The van der Waals surface area contributed by atoms with Crippen LogP contribution in [0, 0.1) is 11.3 Å². The van der Waals surface area contributed by atoms with Gasteiger partial charge in [-0.1, -0.05) is 37.5 Å². The quantitative estimate of drug-likeness (QED) is 0.581. The van der Waals surface area contributed by atoms with E-state index in [-0.39, 0.29) is 0 Å². The minimum atomic E-state index is 0.388. The molecular weight excluding hydrogens is 234 g/mol. The van der Waals surface area contributed by atoms with Gasteiger partial charge in [-0.25, -0.2) is 4.99 Å². The van der Waals surface area contributed by atoms with Crippen LogP contribution in [0.5, 0.6) is 0 Å². The molecule has 3 nitrogen and oxygen atoms in total. The van der Waals surface area contributed by atoms with Crippen LogP contribution in [0.1, 0.15) is 37.7 Å². The topological polar surface area (TPSA) is 48.5 Å². The van der Waals surface area contributed by atoms with Crippen LogP contribution in [-0.2, 0) is 0 Å². The molecule has 0 heterocycles. The molecule has 3 heteroatoms. The Hall–Kier alpha value is -2.17. The second kappa shape index (κ2) is 7.31. The van der Waals surface area contributed by atoms with Crippen molar-refractivity contribution in [2.24, 2.45) is 9.98 Å². The lowest BCUT2D eigenvalue weighted by Crippen LogP contribution is -2.08. The molecule has 1 aromatic rings. The van der Waals surface area contributed by atoms with Gasteiger partial charge in [0.2, 0.25) is 0 Å². The molecule has 19 heavy (non-hydrogen) atoms. The van der Waals surface area contributed by atoms with Gasteiger partial charge in [0.15, 0.2) is 0 Å². The zero-order valence-corrected chi connectivity index (χ0v) is 10.9. The summed E-state index contributed by atoms with van der Waals surface area (Å²) >= 11 is 0. The van der Waals surface area contributed by atoms with E-state index in [1.165, 1.54) is 25.3 Å². The third-order valence-electron chi connectivity index (χ3n) is 3.26. The number of benzene rings is 1. The standard InChI is InChI=1S/C16H17N3/c17-12-6-8-14-7-4-5-11-16(14)19-13-18-15-9-2-1-3-10-15/h4-8,11,15H,1-3,9-10H2/b8-6+. The summed E-state index contributed by atoms with van der Waals surface area (Å²) in [5.74, 6) is 0. The lowest BCUT2D eigenvalue weighted by atomic mass is 9.96. The van der Waals surface area contributed by atoms with E-state index in [9.17, 15) is 0 Å². The van der Waals surface area contributed by atoms with E-state index in [0.717, 1.165) is 24.1 Å². The van der Waals surface area contributed by atoms with Crippen molar-refractivity contribution in [2.45, 2.75) is 38.1 Å². The molecule has 1 fully saturated rings. The molecule has 0 radical (unpaired) electrons. The van der Waals surface area contributed by atoms with Crippen LogP contribution < -0.4 is 0 Å². The average Bonchev–Trinajstić information content (AvgIpc) is 2.47. The summed E-state index contributed by atoms with van der Waals surface area (Å²) in [5.41, 5.74) is 1.71. The highest BCUT2D eigenvalue weighted by atomic mass is 14.8. The maximum atomic E-state index is 8.56. The van der Waals surface area contributed by atoms with Crippen LogP contribution >= 0.6 is 0 Å². The fourth-order valence-electron chi connectivity index (χ4n) is 2.23. The van der Waals surface area contributed by atoms with Gasteiger partial charge in [0.05, 0.1) is 23.8 Å². The molecule has 0 aromatic heterocycles. The Balaban J connectivity index is 2.11. The number of rotatable bonds is 3. The predicted molar refractivity (Wildman–Crippen MR) is 77.5 cm³/mol. The van der Waals surface area contributed by atoms with Gasteiger partial charge in [0.25, 0.3) is 0 Å². The minimum Gasteiger partial charge on any atom is -0.222 e. The Kier molecular flexibility index (Phi) is 5.10. The average molecular weight is 251 g/mol. The van der Waals surface area contributed by atoms with E-state index in [4.69, 9.17) is 5.26 Å². The van der Waals surface area contributed by atoms with Crippen LogP contribution in [0.4, 0.5) is 5.69 Å². The lowest BCUT2D eigenvalue weighted by molar-refractivity contribution is 0.444. The first-order valence-electron chi connectivity index (χ1n) is 6.71. The number of nitriles is 1. The normalized spacial score (nSPS) is 15.7. The zero-order valence-electron chi connectivity index (χ0n) is 10.9. The molecule has 0 N–H and O–H groups in total. The molecule has 0 aliphatic heterocycles. The van der Waals surface area contributed by atoms with E-state index < -0.39 is 0 Å². The van der Waals surface area contributed by atoms with Crippen molar-refractivity contribution in [2.75, 3.05) is 0 Å². The van der Waals surface area contributed by atoms with E-state index in [0.29, 0.717) is 6.04 Å². The van der Waals surface area contributed by atoms with Crippen LogP contribution in [0.15, 0.2) is 40.3 Å². The molecular formula is C16H17N3. The van der Waals surface area contributed by atoms with Gasteiger partial charge in [-0.15, -0.1) is 0 Å². The van der Waals surface area contributed by atoms with Gasteiger partial charge in [-0.05, 0) is 25.0 Å². The first kappa shape index (κ1) is 13.3. The molecule has 0 atom stereocenters. The van der Waals surface area contributed by atoms with Gasteiger partial charge in [0, 0.05) is 11.6 Å².